The number of hydrogen-bond donors (Lipinski definition) is 0. The lowest BCUT2D eigenvalue weighted by molar-refractivity contribution is -0.122. The van der Waals surface area contributed by atoms with Crippen LogP contribution in [-0.4, -0.2) is 32.8 Å². The zero-order valence-corrected chi connectivity index (χ0v) is 22.0. The molecule has 1 amide bonds. The molecule has 1 atom stereocenters. The van der Waals surface area contributed by atoms with Crippen LogP contribution in [0, 0.1) is 24.2 Å². The predicted octanol–water partition coefficient (Wildman–Crippen LogP) is 5.06. The van der Waals surface area contributed by atoms with Crippen molar-refractivity contribution < 1.29 is 9.21 Å². The molecule has 0 saturated carbocycles. The molecule has 7 nitrogen and oxygen atoms in total. The van der Waals surface area contributed by atoms with Crippen molar-refractivity contribution in [3.63, 3.8) is 0 Å². The predicted molar refractivity (Wildman–Crippen MR) is 143 cm³/mol. The number of pyridine rings is 1. The van der Waals surface area contributed by atoms with Gasteiger partial charge in [0.15, 0.2) is 0 Å². The van der Waals surface area contributed by atoms with Gasteiger partial charge in [0.1, 0.15) is 27.5 Å². The summed E-state index contributed by atoms with van der Waals surface area (Å²) in [4.78, 5) is 31.0. The highest BCUT2D eigenvalue weighted by molar-refractivity contribution is 8.26. The van der Waals surface area contributed by atoms with Crippen LogP contribution in [0.3, 0.4) is 0 Å². The van der Waals surface area contributed by atoms with Gasteiger partial charge in [-0.2, -0.15) is 5.26 Å². The van der Waals surface area contributed by atoms with E-state index in [2.05, 4.69) is 24.8 Å². The monoisotopic (exact) mass is 510 g/mol. The molecular weight excluding hydrogens is 480 g/mol. The van der Waals surface area contributed by atoms with Crippen LogP contribution in [0.1, 0.15) is 62.0 Å². The Morgan fingerprint density at radius 1 is 1.37 bits per heavy atom. The van der Waals surface area contributed by atoms with Crippen LogP contribution in [0.4, 0.5) is 5.82 Å². The van der Waals surface area contributed by atoms with Gasteiger partial charge in [-0.3, -0.25) is 19.1 Å². The minimum absolute atomic E-state index is 0.132. The van der Waals surface area contributed by atoms with E-state index in [1.54, 1.807) is 23.8 Å². The molecule has 2 saturated heterocycles. The zero-order valence-electron chi connectivity index (χ0n) is 20.4. The Balaban J connectivity index is 1.85. The molecule has 2 aliphatic rings. The molecule has 2 aromatic heterocycles. The molecule has 184 valence electrons. The Morgan fingerprint density at radius 3 is 2.83 bits per heavy atom. The first kappa shape index (κ1) is 25.3. The highest BCUT2D eigenvalue weighted by Crippen LogP contribution is 2.37. The third-order valence-electron chi connectivity index (χ3n) is 6.58. The number of nitrogens with zero attached hydrogens (tertiary/aromatic N) is 4. The van der Waals surface area contributed by atoms with Crippen molar-refractivity contribution in [3.8, 4) is 6.07 Å². The van der Waals surface area contributed by atoms with E-state index in [0.29, 0.717) is 33.0 Å². The Hall–Kier alpha value is -2.83. The van der Waals surface area contributed by atoms with Gasteiger partial charge in [0, 0.05) is 25.2 Å². The number of anilines is 1. The number of furan rings is 1. The number of nitriles is 1. The molecule has 0 radical (unpaired) electrons. The van der Waals surface area contributed by atoms with Crippen LogP contribution in [0.15, 0.2) is 32.5 Å². The Morgan fingerprint density at radius 2 is 2.17 bits per heavy atom. The minimum Gasteiger partial charge on any atom is -0.467 e. The Bertz CT molecular complexity index is 1260. The normalized spacial score (nSPS) is 19.6. The molecule has 0 N–H and O–H groups in total. The SMILES string of the molecule is CCCCn1c(N2CCCC(C)C2)c(/C=C2\SC(=S)N(Cc3ccco3)C2=O)c(C)c(C#N)c1=O. The average molecular weight is 511 g/mol. The summed E-state index contributed by atoms with van der Waals surface area (Å²) in [5, 5.41) is 9.85. The minimum atomic E-state index is -0.255. The fourth-order valence-electron chi connectivity index (χ4n) is 4.72. The highest BCUT2D eigenvalue weighted by Gasteiger charge is 2.34. The molecule has 2 aromatic rings. The molecule has 4 rings (SSSR count). The molecule has 0 bridgehead atoms. The second-order valence-corrected chi connectivity index (χ2v) is 10.9. The van der Waals surface area contributed by atoms with E-state index < -0.39 is 0 Å². The second kappa shape index (κ2) is 10.8. The van der Waals surface area contributed by atoms with Crippen LogP contribution < -0.4 is 10.5 Å². The summed E-state index contributed by atoms with van der Waals surface area (Å²) in [5.41, 5.74) is 1.24. The molecule has 2 aliphatic heterocycles. The summed E-state index contributed by atoms with van der Waals surface area (Å²) in [6.45, 7) is 8.57. The number of rotatable bonds is 7. The lowest BCUT2D eigenvalue weighted by atomic mass is 9.98. The molecule has 2 fully saturated rings. The van der Waals surface area contributed by atoms with E-state index in [9.17, 15) is 14.9 Å². The van der Waals surface area contributed by atoms with Gasteiger partial charge in [0.25, 0.3) is 11.5 Å². The maximum absolute atomic E-state index is 13.4. The lowest BCUT2D eigenvalue weighted by Crippen LogP contribution is -2.40. The summed E-state index contributed by atoms with van der Waals surface area (Å²) in [5.74, 6) is 1.76. The van der Waals surface area contributed by atoms with E-state index in [0.717, 1.165) is 50.2 Å². The number of carbonyl (C=O) groups is 1. The topological polar surface area (TPSA) is 82.5 Å². The van der Waals surface area contributed by atoms with Crippen molar-refractivity contribution in [2.24, 2.45) is 5.92 Å². The Labute approximate surface area is 215 Å². The fraction of sp³-hybridized carbons (Fsp3) is 0.462. The van der Waals surface area contributed by atoms with Gasteiger partial charge < -0.3 is 9.32 Å². The quantitative estimate of drug-likeness (QED) is 0.380. The maximum Gasteiger partial charge on any atom is 0.270 e. The number of unbranched alkanes of at least 4 members (excludes halogenated alkanes) is 1. The molecule has 35 heavy (non-hydrogen) atoms. The number of piperidine rings is 1. The highest BCUT2D eigenvalue weighted by atomic mass is 32.2. The van der Waals surface area contributed by atoms with Crippen molar-refractivity contribution >= 4 is 46.1 Å². The number of amides is 1. The molecule has 0 aromatic carbocycles. The molecule has 4 heterocycles. The van der Waals surface area contributed by atoms with Crippen molar-refractivity contribution in [1.82, 2.24) is 9.47 Å². The van der Waals surface area contributed by atoms with Crippen molar-refractivity contribution in [2.45, 2.75) is 59.5 Å². The van der Waals surface area contributed by atoms with Gasteiger partial charge in [-0.1, -0.05) is 44.2 Å². The summed E-state index contributed by atoms with van der Waals surface area (Å²) >= 11 is 6.75. The molecule has 9 heteroatoms. The number of thiocarbonyl (C=S) groups is 1. The fourth-order valence-corrected chi connectivity index (χ4v) is 5.95. The smallest absolute Gasteiger partial charge is 0.270 e. The number of carbonyl (C=O) groups excluding carboxylic acids is 1. The number of aromatic nitrogens is 1. The summed E-state index contributed by atoms with van der Waals surface area (Å²) in [6, 6.07) is 5.71. The van der Waals surface area contributed by atoms with E-state index in [1.165, 1.54) is 16.7 Å². The van der Waals surface area contributed by atoms with Crippen molar-refractivity contribution in [1.29, 1.82) is 5.26 Å². The molecular formula is C26H30N4O3S2. The maximum atomic E-state index is 13.4. The van der Waals surface area contributed by atoms with E-state index in [4.69, 9.17) is 16.6 Å². The summed E-state index contributed by atoms with van der Waals surface area (Å²) in [6.07, 6.45) is 7.33. The van der Waals surface area contributed by atoms with Gasteiger partial charge in [0.2, 0.25) is 0 Å². The van der Waals surface area contributed by atoms with E-state index >= 15 is 0 Å². The first-order chi connectivity index (χ1) is 16.8. The third-order valence-corrected chi connectivity index (χ3v) is 7.96. The zero-order chi connectivity index (χ0) is 25.1. The third kappa shape index (κ3) is 5.09. The summed E-state index contributed by atoms with van der Waals surface area (Å²) in [7, 11) is 0. The van der Waals surface area contributed by atoms with Crippen LogP contribution in [0.25, 0.3) is 6.08 Å². The largest absolute Gasteiger partial charge is 0.467 e. The number of thioether (sulfide) groups is 1. The van der Waals surface area contributed by atoms with Crippen LogP contribution in [-0.2, 0) is 17.9 Å². The number of hydrogen-bond acceptors (Lipinski definition) is 7. The van der Waals surface area contributed by atoms with Crippen molar-refractivity contribution in [3.05, 3.63) is 56.1 Å². The summed E-state index contributed by atoms with van der Waals surface area (Å²) < 4.78 is 7.62. The standard InChI is InChI=1S/C26H30N4O3S2/c1-4-5-11-29-23(28-10-6-8-17(2)15-28)20(18(3)21(14-27)24(29)31)13-22-25(32)30(26(34)35-22)16-19-9-7-12-33-19/h7,9,12-13,17H,4-6,8,10-11,15-16H2,1-3H3/b22-13-. The lowest BCUT2D eigenvalue weighted by Gasteiger charge is -2.36. The first-order valence-electron chi connectivity index (χ1n) is 12.1. The van der Waals surface area contributed by atoms with Crippen LogP contribution >= 0.6 is 24.0 Å². The van der Waals surface area contributed by atoms with Gasteiger partial charge in [-0.15, -0.1) is 0 Å². The van der Waals surface area contributed by atoms with Gasteiger partial charge >= 0.3 is 0 Å². The molecule has 1 unspecified atom stereocenters. The molecule has 0 aliphatic carbocycles. The van der Waals surface area contributed by atoms with Crippen LogP contribution in [0.2, 0.25) is 0 Å². The Kier molecular flexibility index (Phi) is 7.82. The van der Waals surface area contributed by atoms with Crippen LogP contribution in [0.5, 0.6) is 0 Å². The first-order valence-corrected chi connectivity index (χ1v) is 13.3. The van der Waals surface area contributed by atoms with Gasteiger partial charge in [-0.25, -0.2) is 0 Å². The van der Waals surface area contributed by atoms with E-state index in [-0.39, 0.29) is 23.6 Å². The average Bonchev–Trinajstić information content (AvgIpc) is 3.44. The van der Waals surface area contributed by atoms with E-state index in [1.807, 2.05) is 12.1 Å². The molecule has 0 spiro atoms. The van der Waals surface area contributed by atoms with Gasteiger partial charge in [-0.05, 0) is 55.9 Å². The van der Waals surface area contributed by atoms with Gasteiger partial charge in [0.05, 0.1) is 17.7 Å². The second-order valence-electron chi connectivity index (χ2n) is 9.20. The van der Waals surface area contributed by atoms with Crippen molar-refractivity contribution in [2.75, 3.05) is 18.0 Å².